The van der Waals surface area contributed by atoms with E-state index in [1.807, 2.05) is 50.5 Å². The monoisotopic (exact) mass is 519 g/mol. The second-order valence-corrected chi connectivity index (χ2v) is 11.2. The summed E-state index contributed by atoms with van der Waals surface area (Å²) in [6, 6.07) is 13.0. The van der Waals surface area contributed by atoms with Crippen LogP contribution in [-0.2, 0) is 16.4 Å². The fourth-order valence-corrected chi connectivity index (χ4v) is 4.41. The molecule has 10 nitrogen and oxygen atoms in total. The Morgan fingerprint density at radius 3 is 2.57 bits per heavy atom. The van der Waals surface area contributed by atoms with Crippen LogP contribution in [0.4, 0.5) is 5.82 Å². The van der Waals surface area contributed by atoms with Crippen LogP contribution in [0.25, 0.3) is 22.3 Å². The molecule has 2 N–H and O–H groups in total. The molecule has 0 spiro atoms. The predicted octanol–water partition coefficient (Wildman–Crippen LogP) is 2.78. The maximum atomic E-state index is 12.6. The van der Waals surface area contributed by atoms with Crippen molar-refractivity contribution in [2.45, 2.75) is 24.4 Å². The van der Waals surface area contributed by atoms with Crippen molar-refractivity contribution in [1.82, 2.24) is 30.2 Å². The number of hydrogen-bond acceptors (Lipinski definition) is 9. The molecule has 0 saturated heterocycles. The number of hydrogen-bond donors (Lipinski definition) is 2. The third-order valence-corrected chi connectivity index (χ3v) is 6.59. The molecule has 11 heteroatoms. The molecule has 0 aliphatic carbocycles. The number of anilines is 1. The highest BCUT2D eigenvalue weighted by Gasteiger charge is 2.13. The second-order valence-electron chi connectivity index (χ2n) is 9.14. The topological polar surface area (TPSA) is 130 Å². The lowest BCUT2D eigenvalue weighted by Crippen LogP contribution is -2.29. The number of carbonyl (C=O) groups excluding carboxylic acids is 1. The fourth-order valence-electron chi connectivity index (χ4n) is 3.82. The average Bonchev–Trinajstić information content (AvgIpc) is 2.86. The van der Waals surface area contributed by atoms with Gasteiger partial charge in [-0.2, -0.15) is 0 Å². The van der Waals surface area contributed by atoms with E-state index in [9.17, 15) is 13.2 Å². The van der Waals surface area contributed by atoms with Crippen molar-refractivity contribution in [2.75, 3.05) is 32.2 Å². The van der Waals surface area contributed by atoms with E-state index in [0.29, 0.717) is 5.69 Å². The lowest BCUT2D eigenvalue weighted by atomic mass is 10.2. The van der Waals surface area contributed by atoms with Crippen LogP contribution in [0.3, 0.4) is 0 Å². The molecule has 4 rings (SSSR count). The number of aromatic nitrogens is 4. The van der Waals surface area contributed by atoms with Gasteiger partial charge in [-0.1, -0.05) is 6.07 Å². The number of fused-ring (bicyclic) bond motifs is 1. The van der Waals surface area contributed by atoms with E-state index >= 15 is 0 Å². The van der Waals surface area contributed by atoms with Gasteiger partial charge in [-0.15, -0.1) is 0 Å². The summed E-state index contributed by atoms with van der Waals surface area (Å²) in [7, 11) is 0.597. The summed E-state index contributed by atoms with van der Waals surface area (Å²) in [6.45, 7) is 3.13. The normalized spacial score (nSPS) is 12.5. The molecule has 4 aromatic heterocycles. The molecule has 0 aliphatic heterocycles. The second kappa shape index (κ2) is 11.0. The Labute approximate surface area is 216 Å². The minimum absolute atomic E-state index is 0.0132. The van der Waals surface area contributed by atoms with Crippen molar-refractivity contribution in [3.63, 3.8) is 0 Å². The molecule has 0 saturated carbocycles. The van der Waals surface area contributed by atoms with Crippen LogP contribution in [0, 0.1) is 0 Å². The van der Waals surface area contributed by atoms with Gasteiger partial charge in [0.15, 0.2) is 9.84 Å². The van der Waals surface area contributed by atoms with Crippen LogP contribution in [0.5, 0.6) is 0 Å². The maximum absolute atomic E-state index is 12.6. The average molecular weight is 520 g/mol. The molecule has 37 heavy (non-hydrogen) atoms. The summed E-state index contributed by atoms with van der Waals surface area (Å²) >= 11 is 0. The summed E-state index contributed by atoms with van der Waals surface area (Å²) in [5, 5.41) is 7.03. The molecule has 0 fully saturated rings. The Hall–Kier alpha value is -3.96. The van der Waals surface area contributed by atoms with Crippen LogP contribution in [0.2, 0.25) is 0 Å². The molecule has 4 heterocycles. The first kappa shape index (κ1) is 26.1. The zero-order valence-electron chi connectivity index (χ0n) is 21.1. The third-order valence-electron chi connectivity index (χ3n) is 5.51. The first-order valence-electron chi connectivity index (χ1n) is 11.7. The fraction of sp³-hybridized carbons (Fsp3) is 0.269. The number of likely N-dealkylation sites (N-methyl/N-ethyl adjacent to an activating group) is 1. The largest absolute Gasteiger partial charge is 0.366 e. The van der Waals surface area contributed by atoms with Gasteiger partial charge in [-0.3, -0.25) is 14.8 Å². The lowest BCUT2D eigenvalue weighted by Gasteiger charge is -2.19. The summed E-state index contributed by atoms with van der Waals surface area (Å²) in [5.74, 6) is 0.333. The highest BCUT2D eigenvalue weighted by atomic mass is 32.2. The SMILES string of the molecule is C[C@H](CN(C)C)Nc1cccc(-c2ccc3cnc(CNC(=O)c4cncc(S(C)(=O)=O)c4)cc3n2)n1. The summed E-state index contributed by atoms with van der Waals surface area (Å²) in [6.07, 6.45) is 5.31. The van der Waals surface area contributed by atoms with Gasteiger partial charge in [0.1, 0.15) is 5.82 Å². The van der Waals surface area contributed by atoms with E-state index in [1.165, 1.54) is 18.5 Å². The van der Waals surface area contributed by atoms with Crippen LogP contribution in [0.15, 0.2) is 66.0 Å². The summed E-state index contributed by atoms with van der Waals surface area (Å²) in [4.78, 5) is 32.4. The van der Waals surface area contributed by atoms with E-state index in [4.69, 9.17) is 9.97 Å². The molecule has 0 aromatic carbocycles. The van der Waals surface area contributed by atoms with Crippen LogP contribution in [0.1, 0.15) is 23.0 Å². The molecular formula is C26H29N7O3S. The molecule has 1 atom stereocenters. The highest BCUT2D eigenvalue weighted by molar-refractivity contribution is 7.90. The Bertz CT molecular complexity index is 1540. The summed E-state index contributed by atoms with van der Waals surface area (Å²) in [5.41, 5.74) is 2.95. The minimum Gasteiger partial charge on any atom is -0.366 e. The molecule has 4 aromatic rings. The van der Waals surface area contributed by atoms with Gasteiger partial charge in [0.05, 0.1) is 39.6 Å². The van der Waals surface area contributed by atoms with Crippen molar-refractivity contribution < 1.29 is 13.2 Å². The van der Waals surface area contributed by atoms with E-state index in [2.05, 4.69) is 32.4 Å². The Morgan fingerprint density at radius 2 is 1.81 bits per heavy atom. The number of nitrogens with one attached hydrogen (secondary N) is 2. The third kappa shape index (κ3) is 6.83. The molecular weight excluding hydrogens is 490 g/mol. The minimum atomic E-state index is -3.47. The smallest absolute Gasteiger partial charge is 0.253 e. The summed E-state index contributed by atoms with van der Waals surface area (Å²) < 4.78 is 23.5. The van der Waals surface area contributed by atoms with E-state index in [0.717, 1.165) is 40.9 Å². The predicted molar refractivity (Wildman–Crippen MR) is 143 cm³/mol. The van der Waals surface area contributed by atoms with Gasteiger partial charge < -0.3 is 15.5 Å². The molecule has 0 radical (unpaired) electrons. The standard InChI is InChI=1S/C26H29N7O3S/c1-17(16-33(2)3)30-25-7-5-6-22(32-25)23-9-8-18-13-28-20(11-24(18)31-23)14-29-26(34)19-10-21(15-27-12-19)37(4,35)36/h5-13,15,17H,14,16H2,1-4H3,(H,29,34)(H,30,32)/t17-/m1/s1. The van der Waals surface area contributed by atoms with Crippen LogP contribution < -0.4 is 10.6 Å². The van der Waals surface area contributed by atoms with E-state index in [-0.39, 0.29) is 23.0 Å². The highest BCUT2D eigenvalue weighted by Crippen LogP contribution is 2.21. The van der Waals surface area contributed by atoms with Crippen molar-refractivity contribution in [1.29, 1.82) is 0 Å². The maximum Gasteiger partial charge on any atom is 0.253 e. The zero-order valence-corrected chi connectivity index (χ0v) is 22.0. The van der Waals surface area contributed by atoms with Crippen LogP contribution in [-0.4, -0.2) is 72.1 Å². The number of rotatable bonds is 9. The van der Waals surface area contributed by atoms with E-state index in [1.54, 1.807) is 6.20 Å². The van der Waals surface area contributed by atoms with Crippen LogP contribution >= 0.6 is 0 Å². The molecule has 0 bridgehead atoms. The molecule has 192 valence electrons. The van der Waals surface area contributed by atoms with E-state index < -0.39 is 15.7 Å². The first-order valence-corrected chi connectivity index (χ1v) is 13.6. The van der Waals surface area contributed by atoms with Gasteiger partial charge in [0.2, 0.25) is 0 Å². The number of carbonyl (C=O) groups is 1. The van der Waals surface area contributed by atoms with Gasteiger partial charge in [-0.25, -0.2) is 18.4 Å². The van der Waals surface area contributed by atoms with Crippen molar-refractivity contribution >= 4 is 32.5 Å². The molecule has 1 amide bonds. The van der Waals surface area contributed by atoms with Gasteiger partial charge >= 0.3 is 0 Å². The lowest BCUT2D eigenvalue weighted by molar-refractivity contribution is 0.0950. The molecule has 0 aliphatic rings. The number of nitrogens with zero attached hydrogens (tertiary/aromatic N) is 5. The molecule has 0 unspecified atom stereocenters. The zero-order chi connectivity index (χ0) is 26.6. The number of amides is 1. The first-order chi connectivity index (χ1) is 17.6. The number of pyridine rings is 4. The Balaban J connectivity index is 1.50. The van der Waals surface area contributed by atoms with Gasteiger partial charge in [0.25, 0.3) is 5.91 Å². The Kier molecular flexibility index (Phi) is 7.74. The van der Waals surface area contributed by atoms with Crippen molar-refractivity contribution in [3.8, 4) is 11.4 Å². The Morgan fingerprint density at radius 1 is 1.03 bits per heavy atom. The van der Waals surface area contributed by atoms with Crippen molar-refractivity contribution in [2.24, 2.45) is 0 Å². The quantitative estimate of drug-likeness (QED) is 0.343. The van der Waals surface area contributed by atoms with Gasteiger partial charge in [-0.05, 0) is 57.4 Å². The van der Waals surface area contributed by atoms with Gasteiger partial charge in [0, 0.05) is 42.8 Å². The number of sulfone groups is 1. The van der Waals surface area contributed by atoms with Crippen molar-refractivity contribution in [3.05, 3.63) is 72.3 Å².